The summed E-state index contributed by atoms with van der Waals surface area (Å²) in [7, 11) is 0. The van der Waals surface area contributed by atoms with Gasteiger partial charge in [-0.05, 0) is 43.5 Å². The normalized spacial score (nSPS) is 22.4. The van der Waals surface area contributed by atoms with E-state index in [1.165, 1.54) is 12.8 Å². The minimum atomic E-state index is 0.139. The summed E-state index contributed by atoms with van der Waals surface area (Å²) < 4.78 is 5.42. The van der Waals surface area contributed by atoms with Crippen molar-refractivity contribution in [1.29, 1.82) is 0 Å². The fourth-order valence-corrected chi connectivity index (χ4v) is 3.26. The third kappa shape index (κ3) is 3.39. The Kier molecular flexibility index (Phi) is 4.48. The summed E-state index contributed by atoms with van der Waals surface area (Å²) in [6.07, 6.45) is 3.43. The lowest BCUT2D eigenvalue weighted by Crippen LogP contribution is -2.31. The van der Waals surface area contributed by atoms with Crippen molar-refractivity contribution in [3.63, 3.8) is 0 Å². The van der Waals surface area contributed by atoms with E-state index in [1.54, 1.807) is 18.2 Å². The second-order valence-corrected chi connectivity index (χ2v) is 6.29. The summed E-state index contributed by atoms with van der Waals surface area (Å²) >= 11 is 12.0. The molecule has 1 fully saturated rings. The van der Waals surface area contributed by atoms with Crippen molar-refractivity contribution in [2.24, 2.45) is 5.92 Å². The van der Waals surface area contributed by atoms with E-state index in [-0.39, 0.29) is 6.04 Å². The molecular weight excluding hydrogens is 309 g/mol. The van der Waals surface area contributed by atoms with E-state index in [0.29, 0.717) is 27.7 Å². The molecule has 0 radical (unpaired) electrons. The topological polar surface area (TPSA) is 51.0 Å². The molecule has 1 aromatic heterocycles. The summed E-state index contributed by atoms with van der Waals surface area (Å²) in [5.41, 5.74) is 0.769. The van der Waals surface area contributed by atoms with Crippen LogP contribution in [0.15, 0.2) is 22.7 Å². The van der Waals surface area contributed by atoms with Gasteiger partial charge in [-0.15, -0.1) is 0 Å². The van der Waals surface area contributed by atoms with Crippen LogP contribution in [0.4, 0.5) is 0 Å². The summed E-state index contributed by atoms with van der Waals surface area (Å²) in [5, 5.41) is 8.61. The zero-order valence-electron chi connectivity index (χ0n) is 11.8. The van der Waals surface area contributed by atoms with Gasteiger partial charge in [0.2, 0.25) is 11.7 Å². The summed E-state index contributed by atoms with van der Waals surface area (Å²) in [6, 6.07) is 5.39. The van der Waals surface area contributed by atoms with Crippen LogP contribution >= 0.6 is 23.2 Å². The van der Waals surface area contributed by atoms with E-state index >= 15 is 0 Å². The van der Waals surface area contributed by atoms with Gasteiger partial charge in [0.15, 0.2) is 0 Å². The number of halogens is 2. The Labute approximate surface area is 133 Å². The van der Waals surface area contributed by atoms with E-state index in [2.05, 4.69) is 22.4 Å². The van der Waals surface area contributed by atoms with Gasteiger partial charge in [0.05, 0.1) is 6.04 Å². The van der Waals surface area contributed by atoms with Gasteiger partial charge in [0, 0.05) is 15.6 Å². The second-order valence-electron chi connectivity index (χ2n) is 5.42. The minimum Gasteiger partial charge on any atom is -0.337 e. The Morgan fingerprint density at radius 3 is 2.76 bits per heavy atom. The minimum absolute atomic E-state index is 0.139. The first-order chi connectivity index (χ1) is 10.2. The highest BCUT2D eigenvalue weighted by molar-refractivity contribution is 6.35. The molecule has 1 aliphatic rings. The van der Waals surface area contributed by atoms with Gasteiger partial charge in [-0.1, -0.05) is 41.7 Å². The maximum atomic E-state index is 6.01. The van der Waals surface area contributed by atoms with Crippen LogP contribution in [0.5, 0.6) is 0 Å². The van der Waals surface area contributed by atoms with Crippen LogP contribution < -0.4 is 5.32 Å². The summed E-state index contributed by atoms with van der Waals surface area (Å²) in [5.74, 6) is 1.88. The molecule has 2 heterocycles. The number of aromatic nitrogens is 2. The van der Waals surface area contributed by atoms with Gasteiger partial charge in [0.25, 0.3) is 0 Å². The van der Waals surface area contributed by atoms with Crippen LogP contribution in [0.1, 0.15) is 38.1 Å². The maximum Gasteiger partial charge on any atom is 0.244 e. The van der Waals surface area contributed by atoms with Crippen molar-refractivity contribution in [3.05, 3.63) is 34.1 Å². The molecule has 1 saturated heterocycles. The van der Waals surface area contributed by atoms with Crippen LogP contribution in [0, 0.1) is 5.92 Å². The second kappa shape index (κ2) is 6.34. The third-order valence-corrected chi connectivity index (χ3v) is 4.39. The standard InChI is InChI=1S/C15H17Cl2N3O/c1-2-9-3-4-18-13(5-9)15-19-14(20-21-15)10-6-11(16)8-12(17)7-10/h6-9,13,18H,2-5H2,1H3. The molecule has 6 heteroatoms. The first-order valence-electron chi connectivity index (χ1n) is 7.19. The number of hydrogen-bond acceptors (Lipinski definition) is 4. The van der Waals surface area contributed by atoms with Gasteiger partial charge < -0.3 is 9.84 Å². The molecule has 0 saturated carbocycles. The summed E-state index contributed by atoms with van der Waals surface area (Å²) in [6.45, 7) is 3.21. The first kappa shape index (κ1) is 14.8. The molecule has 2 atom stereocenters. The zero-order valence-corrected chi connectivity index (χ0v) is 13.3. The number of nitrogens with zero attached hydrogens (tertiary/aromatic N) is 2. The van der Waals surface area contributed by atoms with Crippen molar-refractivity contribution in [2.45, 2.75) is 32.2 Å². The fourth-order valence-electron chi connectivity index (χ4n) is 2.73. The lowest BCUT2D eigenvalue weighted by Gasteiger charge is -2.27. The first-order valence-corrected chi connectivity index (χ1v) is 7.94. The molecule has 1 N–H and O–H groups in total. The quantitative estimate of drug-likeness (QED) is 0.902. The van der Waals surface area contributed by atoms with Gasteiger partial charge in [-0.2, -0.15) is 4.98 Å². The lowest BCUT2D eigenvalue weighted by atomic mass is 9.90. The average Bonchev–Trinajstić information content (AvgIpc) is 2.96. The van der Waals surface area contributed by atoms with Crippen LogP contribution in [0.2, 0.25) is 10.0 Å². The molecule has 3 rings (SSSR count). The third-order valence-electron chi connectivity index (χ3n) is 3.95. The number of nitrogens with one attached hydrogen (secondary N) is 1. The van der Waals surface area contributed by atoms with Gasteiger partial charge in [0.1, 0.15) is 0 Å². The molecule has 0 bridgehead atoms. The van der Waals surface area contributed by atoms with Crippen molar-refractivity contribution in [3.8, 4) is 11.4 Å². The predicted octanol–water partition coefficient (Wildman–Crippen LogP) is 4.49. The lowest BCUT2D eigenvalue weighted by molar-refractivity contribution is 0.246. The highest BCUT2D eigenvalue weighted by Crippen LogP contribution is 2.30. The molecule has 2 unspecified atom stereocenters. The molecule has 1 aromatic carbocycles. The monoisotopic (exact) mass is 325 g/mol. The molecule has 4 nitrogen and oxygen atoms in total. The molecule has 0 aliphatic carbocycles. The number of benzene rings is 1. The van der Waals surface area contributed by atoms with E-state index in [0.717, 1.165) is 18.5 Å². The van der Waals surface area contributed by atoms with E-state index in [4.69, 9.17) is 27.7 Å². The average molecular weight is 326 g/mol. The van der Waals surface area contributed by atoms with Crippen LogP contribution in [0.3, 0.4) is 0 Å². The van der Waals surface area contributed by atoms with Gasteiger partial charge in [-0.25, -0.2) is 0 Å². The van der Waals surface area contributed by atoms with Crippen molar-refractivity contribution in [1.82, 2.24) is 15.5 Å². The van der Waals surface area contributed by atoms with Crippen molar-refractivity contribution in [2.75, 3.05) is 6.54 Å². The Morgan fingerprint density at radius 1 is 1.29 bits per heavy atom. The molecule has 1 aliphatic heterocycles. The van der Waals surface area contributed by atoms with Crippen LogP contribution in [-0.2, 0) is 0 Å². The SMILES string of the molecule is CCC1CCNC(c2nc(-c3cc(Cl)cc(Cl)c3)no2)C1. The van der Waals surface area contributed by atoms with E-state index in [1.807, 2.05) is 0 Å². The van der Waals surface area contributed by atoms with Crippen LogP contribution in [-0.4, -0.2) is 16.7 Å². The largest absolute Gasteiger partial charge is 0.337 e. The molecule has 21 heavy (non-hydrogen) atoms. The number of rotatable bonds is 3. The highest BCUT2D eigenvalue weighted by Gasteiger charge is 2.26. The van der Waals surface area contributed by atoms with E-state index in [9.17, 15) is 0 Å². The Balaban J connectivity index is 1.82. The molecule has 112 valence electrons. The smallest absolute Gasteiger partial charge is 0.244 e. The molecule has 2 aromatic rings. The summed E-state index contributed by atoms with van der Waals surface area (Å²) in [4.78, 5) is 4.50. The maximum absolute atomic E-state index is 6.01. The molecule has 0 amide bonds. The highest BCUT2D eigenvalue weighted by atomic mass is 35.5. The zero-order chi connectivity index (χ0) is 14.8. The van der Waals surface area contributed by atoms with Gasteiger partial charge >= 0.3 is 0 Å². The molecular formula is C15H17Cl2N3O. The Bertz CT molecular complexity index is 609. The van der Waals surface area contributed by atoms with Crippen LogP contribution in [0.25, 0.3) is 11.4 Å². The number of piperidine rings is 1. The number of hydrogen-bond donors (Lipinski definition) is 1. The van der Waals surface area contributed by atoms with Crippen molar-refractivity contribution < 1.29 is 4.52 Å². The van der Waals surface area contributed by atoms with Gasteiger partial charge in [-0.3, -0.25) is 0 Å². The predicted molar refractivity (Wildman–Crippen MR) is 83.5 cm³/mol. The Hall–Kier alpha value is -1.10. The fraction of sp³-hybridized carbons (Fsp3) is 0.467. The Morgan fingerprint density at radius 2 is 2.05 bits per heavy atom. The molecule has 0 spiro atoms. The van der Waals surface area contributed by atoms with E-state index < -0.39 is 0 Å². The van der Waals surface area contributed by atoms with Crippen molar-refractivity contribution >= 4 is 23.2 Å².